The van der Waals surface area contributed by atoms with Crippen molar-refractivity contribution in [2.45, 2.75) is 5.41 Å². The Bertz CT molecular complexity index is 4540. The molecule has 340 valence electrons. The third-order valence-corrected chi connectivity index (χ3v) is 18.2. The van der Waals surface area contributed by atoms with Crippen LogP contribution in [-0.2, 0) is 5.41 Å². The highest BCUT2D eigenvalue weighted by Gasteiger charge is 2.53. The van der Waals surface area contributed by atoms with Gasteiger partial charge in [-0.1, -0.05) is 188 Å². The summed E-state index contributed by atoms with van der Waals surface area (Å²) in [4.78, 5) is 5.01. The number of hydrogen-bond donors (Lipinski definition) is 0. The summed E-state index contributed by atoms with van der Waals surface area (Å²) in [5, 5.41) is 10.1. The molecule has 0 unspecified atom stereocenters. The molecule has 0 amide bonds. The molecule has 2 nitrogen and oxygen atoms in total. The Morgan fingerprint density at radius 2 is 0.795 bits per heavy atom. The van der Waals surface area contributed by atoms with E-state index >= 15 is 0 Å². The Morgan fingerprint density at radius 3 is 1.42 bits per heavy atom. The number of anilines is 6. The van der Waals surface area contributed by atoms with E-state index in [9.17, 15) is 0 Å². The van der Waals surface area contributed by atoms with Gasteiger partial charge < -0.3 is 9.80 Å². The molecule has 0 fully saturated rings. The predicted molar refractivity (Wildman–Crippen MR) is 313 cm³/mol. The van der Waals surface area contributed by atoms with E-state index in [0.717, 1.165) is 17.1 Å². The lowest BCUT2D eigenvalue weighted by Crippen LogP contribution is -2.26. The van der Waals surface area contributed by atoms with E-state index < -0.39 is 5.41 Å². The van der Waals surface area contributed by atoms with Crippen LogP contribution in [0.25, 0.3) is 84.1 Å². The lowest BCUT2D eigenvalue weighted by Gasteiger charge is -2.34. The van der Waals surface area contributed by atoms with Crippen LogP contribution in [0.2, 0.25) is 0 Å². The molecule has 14 aromatic rings. The van der Waals surface area contributed by atoms with Crippen molar-refractivity contribution in [3.8, 4) is 22.3 Å². The van der Waals surface area contributed by atoms with E-state index in [1.807, 2.05) is 22.7 Å². The zero-order chi connectivity index (χ0) is 47.8. The second-order valence-electron chi connectivity index (χ2n) is 19.4. The van der Waals surface area contributed by atoms with Crippen molar-refractivity contribution in [3.63, 3.8) is 0 Å². The lowest BCUT2D eigenvalue weighted by atomic mass is 9.69. The van der Waals surface area contributed by atoms with Gasteiger partial charge in [0.1, 0.15) is 0 Å². The number of para-hydroxylation sites is 2. The number of nitrogens with zero attached hydrogens (tertiary/aromatic N) is 2. The molecule has 0 aliphatic heterocycles. The number of hydrogen-bond acceptors (Lipinski definition) is 4. The normalized spacial score (nSPS) is 13.0. The Morgan fingerprint density at radius 1 is 0.288 bits per heavy atom. The van der Waals surface area contributed by atoms with Gasteiger partial charge in [-0.15, -0.1) is 22.7 Å². The quantitative estimate of drug-likeness (QED) is 0.164. The van der Waals surface area contributed by atoms with Crippen LogP contribution in [-0.4, -0.2) is 0 Å². The van der Waals surface area contributed by atoms with Crippen molar-refractivity contribution in [1.82, 2.24) is 0 Å². The van der Waals surface area contributed by atoms with Gasteiger partial charge in [0, 0.05) is 53.4 Å². The standard InChI is InChI=1S/C69H42N2S2/c1-3-19-44(20-4-1)70(60-33-17-29-54-51-26-11-15-35-63(51)72-67(54)60)46-38-40-47-43(41-46)37-39-56-65-53-28-8-7-25-50(53)62(42-59(65)69(66(47)56)57-31-13-9-23-48(57)49-24-10-14-32-58(49)69)71(45-21-5-2-6-22-45)61-34-18-30-55-52-27-12-16-36-64(52)73-68(55)61/h1-42H. The van der Waals surface area contributed by atoms with Crippen molar-refractivity contribution in [1.29, 1.82) is 0 Å². The zero-order valence-electron chi connectivity index (χ0n) is 39.5. The van der Waals surface area contributed by atoms with Crippen molar-refractivity contribution in [2.24, 2.45) is 0 Å². The number of fused-ring (bicyclic) bond motifs is 20. The van der Waals surface area contributed by atoms with Gasteiger partial charge in [-0.3, -0.25) is 0 Å². The molecule has 0 N–H and O–H groups in total. The Balaban J connectivity index is 0.991. The van der Waals surface area contributed by atoms with Crippen LogP contribution in [0, 0.1) is 0 Å². The van der Waals surface area contributed by atoms with Crippen molar-refractivity contribution < 1.29 is 0 Å². The molecule has 2 heterocycles. The largest absolute Gasteiger partial charge is 0.309 e. The second kappa shape index (κ2) is 15.6. The van der Waals surface area contributed by atoms with E-state index in [4.69, 9.17) is 0 Å². The molecule has 0 saturated carbocycles. The van der Waals surface area contributed by atoms with Crippen molar-refractivity contribution in [2.75, 3.05) is 9.80 Å². The average Bonchev–Trinajstić information content (AvgIpc) is 4.21. The summed E-state index contributed by atoms with van der Waals surface area (Å²) in [5.41, 5.74) is 16.8. The van der Waals surface area contributed by atoms with Gasteiger partial charge >= 0.3 is 0 Å². The molecule has 2 aliphatic rings. The lowest BCUT2D eigenvalue weighted by molar-refractivity contribution is 0.802. The maximum Gasteiger partial charge on any atom is 0.0732 e. The maximum absolute atomic E-state index is 2.58. The van der Waals surface area contributed by atoms with Crippen molar-refractivity contribution in [3.05, 3.63) is 277 Å². The summed E-state index contributed by atoms with van der Waals surface area (Å²) in [6, 6.07) is 95.4. The topological polar surface area (TPSA) is 6.48 Å². The van der Waals surface area contributed by atoms with Gasteiger partial charge in [0.05, 0.1) is 31.9 Å². The fourth-order valence-electron chi connectivity index (χ4n) is 12.9. The van der Waals surface area contributed by atoms with Crippen LogP contribution < -0.4 is 9.80 Å². The van der Waals surface area contributed by atoms with E-state index in [-0.39, 0.29) is 0 Å². The minimum absolute atomic E-state index is 0.620. The van der Waals surface area contributed by atoms with Crippen LogP contribution in [0.5, 0.6) is 0 Å². The van der Waals surface area contributed by atoms with Gasteiger partial charge in [-0.25, -0.2) is 0 Å². The summed E-state index contributed by atoms with van der Waals surface area (Å²) >= 11 is 3.76. The predicted octanol–water partition coefficient (Wildman–Crippen LogP) is 20.0. The van der Waals surface area contributed by atoms with Gasteiger partial charge in [-0.2, -0.15) is 0 Å². The van der Waals surface area contributed by atoms with Crippen LogP contribution in [0.4, 0.5) is 34.1 Å². The number of benzene rings is 12. The maximum atomic E-state index is 2.58. The summed E-state index contributed by atoms with van der Waals surface area (Å²) in [6.07, 6.45) is 0. The highest BCUT2D eigenvalue weighted by molar-refractivity contribution is 7.26. The average molecular weight is 963 g/mol. The minimum atomic E-state index is -0.620. The van der Waals surface area contributed by atoms with Gasteiger partial charge in [0.2, 0.25) is 0 Å². The molecule has 0 saturated heterocycles. The van der Waals surface area contributed by atoms with Crippen LogP contribution in [0.3, 0.4) is 0 Å². The van der Waals surface area contributed by atoms with E-state index in [0.29, 0.717) is 0 Å². The Hall–Kier alpha value is -8.80. The fourth-order valence-corrected chi connectivity index (χ4v) is 15.3. The Kier molecular flexibility index (Phi) is 8.74. The van der Waals surface area contributed by atoms with Crippen LogP contribution in [0.1, 0.15) is 22.3 Å². The summed E-state index contributed by atoms with van der Waals surface area (Å²) in [7, 11) is 0. The second-order valence-corrected chi connectivity index (χ2v) is 21.5. The molecule has 0 bridgehead atoms. The molecular weight excluding hydrogens is 921 g/mol. The fraction of sp³-hybridized carbons (Fsp3) is 0.0145. The van der Waals surface area contributed by atoms with Crippen LogP contribution in [0.15, 0.2) is 255 Å². The molecule has 73 heavy (non-hydrogen) atoms. The highest BCUT2D eigenvalue weighted by atomic mass is 32.1. The number of thiophene rings is 2. The molecule has 4 heteroatoms. The van der Waals surface area contributed by atoms with Crippen LogP contribution >= 0.6 is 22.7 Å². The van der Waals surface area contributed by atoms with E-state index in [2.05, 4.69) is 265 Å². The first kappa shape index (κ1) is 40.9. The molecule has 0 radical (unpaired) electrons. The molecule has 1 spiro atoms. The molecule has 2 aliphatic carbocycles. The summed E-state index contributed by atoms with van der Waals surface area (Å²) in [6.45, 7) is 0. The van der Waals surface area contributed by atoms with E-state index in [1.165, 1.54) is 123 Å². The van der Waals surface area contributed by atoms with Gasteiger partial charge in [-0.05, 0) is 127 Å². The minimum Gasteiger partial charge on any atom is -0.309 e. The zero-order valence-corrected chi connectivity index (χ0v) is 41.1. The number of rotatable bonds is 6. The molecular formula is C69H42N2S2. The summed E-state index contributed by atoms with van der Waals surface area (Å²) in [5.74, 6) is 0. The molecule has 16 rings (SSSR count). The third-order valence-electron chi connectivity index (χ3n) is 15.8. The summed E-state index contributed by atoms with van der Waals surface area (Å²) < 4.78 is 5.16. The first-order valence-electron chi connectivity index (χ1n) is 25.1. The van der Waals surface area contributed by atoms with Crippen molar-refractivity contribution >= 4 is 119 Å². The SMILES string of the molecule is c1ccc(N(c2ccc3c4c(ccc3c2)-c2c(cc(N(c3ccccc3)c3cccc5c3sc3ccccc35)c3ccccc23)C42c3ccccc3-c3ccccc32)c2cccc3c2sc2ccccc23)cc1. The molecule has 2 aromatic heterocycles. The monoisotopic (exact) mass is 962 g/mol. The third kappa shape index (κ3) is 5.68. The van der Waals surface area contributed by atoms with E-state index in [1.54, 1.807) is 0 Å². The Labute approximate surface area is 430 Å². The smallest absolute Gasteiger partial charge is 0.0732 e. The van der Waals surface area contributed by atoms with Gasteiger partial charge in [0.25, 0.3) is 0 Å². The highest BCUT2D eigenvalue weighted by Crippen LogP contribution is 2.66. The molecule has 0 atom stereocenters. The first-order valence-corrected chi connectivity index (χ1v) is 26.7. The first-order chi connectivity index (χ1) is 36.2. The molecule has 12 aromatic carbocycles. The van der Waals surface area contributed by atoms with Gasteiger partial charge in [0.15, 0.2) is 0 Å².